The van der Waals surface area contributed by atoms with Gasteiger partial charge in [0, 0.05) is 6.42 Å². The molecule has 2 aliphatic rings. The molecule has 2 rings (SSSR count). The Labute approximate surface area is 85.4 Å². The van der Waals surface area contributed by atoms with Crippen molar-refractivity contribution in [3.63, 3.8) is 0 Å². The summed E-state index contributed by atoms with van der Waals surface area (Å²) in [5.41, 5.74) is 0. The molecule has 0 radical (unpaired) electrons. The van der Waals surface area contributed by atoms with Gasteiger partial charge in [0.25, 0.3) is 0 Å². The van der Waals surface area contributed by atoms with Crippen molar-refractivity contribution in [2.45, 2.75) is 50.9 Å². The highest BCUT2D eigenvalue weighted by molar-refractivity contribution is 4.72. The molecule has 3 nitrogen and oxygen atoms in total. The Morgan fingerprint density at radius 1 is 1.07 bits per heavy atom. The number of aliphatic hydroxyl groups excluding tert-OH is 1. The summed E-state index contributed by atoms with van der Waals surface area (Å²) in [7, 11) is 0. The van der Waals surface area contributed by atoms with Crippen LogP contribution in [0.1, 0.15) is 38.5 Å². The second kappa shape index (κ2) is 5.10. The van der Waals surface area contributed by atoms with E-state index in [-0.39, 0.29) is 12.4 Å². The predicted octanol–water partition coefficient (Wildman–Crippen LogP) is 1.69. The summed E-state index contributed by atoms with van der Waals surface area (Å²) in [6, 6.07) is 0. The van der Waals surface area contributed by atoms with Gasteiger partial charge in [-0.25, -0.2) is 0 Å². The molecule has 0 aromatic carbocycles. The first-order valence-corrected chi connectivity index (χ1v) is 5.76. The van der Waals surface area contributed by atoms with Crippen LogP contribution in [0.15, 0.2) is 0 Å². The lowest BCUT2D eigenvalue weighted by atomic mass is 9.98. The monoisotopic (exact) mass is 200 g/mol. The second-order valence-corrected chi connectivity index (χ2v) is 4.45. The van der Waals surface area contributed by atoms with Gasteiger partial charge in [-0.05, 0) is 12.3 Å². The molecule has 0 bridgehead atoms. The van der Waals surface area contributed by atoms with Gasteiger partial charge in [0.1, 0.15) is 0 Å². The molecular weight excluding hydrogens is 180 g/mol. The Balaban J connectivity index is 1.64. The summed E-state index contributed by atoms with van der Waals surface area (Å²) in [4.78, 5) is 0. The highest BCUT2D eigenvalue weighted by Gasteiger charge is 2.23. The molecule has 1 unspecified atom stereocenters. The Bertz CT molecular complexity index is 142. The number of hydrogen-bond donors (Lipinski definition) is 1. The standard InChI is InChI=1S/C11H20O3/c12-10(7-9-3-1-2-4-9)8-11-13-5-6-14-11/h9-12H,1-8H2. The van der Waals surface area contributed by atoms with Crippen molar-refractivity contribution in [3.8, 4) is 0 Å². The second-order valence-electron chi connectivity index (χ2n) is 4.45. The van der Waals surface area contributed by atoms with Gasteiger partial charge in [0.05, 0.1) is 19.3 Å². The van der Waals surface area contributed by atoms with Gasteiger partial charge in [-0.3, -0.25) is 0 Å². The lowest BCUT2D eigenvalue weighted by Crippen LogP contribution is -2.20. The zero-order valence-electron chi connectivity index (χ0n) is 8.65. The number of ether oxygens (including phenoxy) is 2. The maximum Gasteiger partial charge on any atom is 0.160 e. The van der Waals surface area contributed by atoms with Crippen LogP contribution in [0.5, 0.6) is 0 Å². The molecule has 1 N–H and O–H groups in total. The van der Waals surface area contributed by atoms with Crippen LogP contribution in [0.2, 0.25) is 0 Å². The minimum Gasteiger partial charge on any atom is -0.393 e. The van der Waals surface area contributed by atoms with E-state index in [0.717, 1.165) is 12.3 Å². The first-order valence-electron chi connectivity index (χ1n) is 5.76. The van der Waals surface area contributed by atoms with E-state index < -0.39 is 0 Å². The summed E-state index contributed by atoms with van der Waals surface area (Å²) < 4.78 is 10.6. The lowest BCUT2D eigenvalue weighted by molar-refractivity contribution is -0.0729. The molecule has 82 valence electrons. The number of aliphatic hydroxyl groups is 1. The minimum atomic E-state index is -0.235. The quantitative estimate of drug-likeness (QED) is 0.750. The SMILES string of the molecule is OC(CC1CCCC1)CC1OCCO1. The first-order chi connectivity index (χ1) is 6.84. The van der Waals surface area contributed by atoms with Crippen LogP contribution in [-0.4, -0.2) is 30.7 Å². The molecule has 3 heteroatoms. The summed E-state index contributed by atoms with van der Waals surface area (Å²) in [5, 5.41) is 9.81. The van der Waals surface area contributed by atoms with Crippen LogP contribution < -0.4 is 0 Å². The predicted molar refractivity (Wildman–Crippen MR) is 52.9 cm³/mol. The molecule has 1 heterocycles. The van der Waals surface area contributed by atoms with Crippen molar-refractivity contribution in [3.05, 3.63) is 0 Å². The molecule has 1 saturated heterocycles. The maximum absolute atomic E-state index is 9.81. The van der Waals surface area contributed by atoms with E-state index in [4.69, 9.17) is 9.47 Å². The summed E-state index contributed by atoms with van der Waals surface area (Å²) in [5.74, 6) is 0.742. The summed E-state index contributed by atoms with van der Waals surface area (Å²) in [6.45, 7) is 1.36. The van der Waals surface area contributed by atoms with Crippen molar-refractivity contribution in [1.82, 2.24) is 0 Å². The maximum atomic E-state index is 9.81. The van der Waals surface area contributed by atoms with Crippen molar-refractivity contribution >= 4 is 0 Å². The molecular formula is C11H20O3. The van der Waals surface area contributed by atoms with Crippen molar-refractivity contribution < 1.29 is 14.6 Å². The normalized spacial score (nSPS) is 27.2. The molecule has 0 aromatic heterocycles. The van der Waals surface area contributed by atoms with E-state index in [0.29, 0.717) is 19.6 Å². The zero-order chi connectivity index (χ0) is 9.80. The molecule has 1 aliphatic heterocycles. The average Bonchev–Trinajstić information content (AvgIpc) is 2.76. The van der Waals surface area contributed by atoms with Gasteiger partial charge in [0.2, 0.25) is 0 Å². The zero-order valence-corrected chi connectivity index (χ0v) is 8.65. The Morgan fingerprint density at radius 3 is 2.36 bits per heavy atom. The van der Waals surface area contributed by atoms with Gasteiger partial charge in [-0.2, -0.15) is 0 Å². The Hall–Kier alpha value is -0.120. The van der Waals surface area contributed by atoms with Gasteiger partial charge in [0.15, 0.2) is 6.29 Å². The molecule has 14 heavy (non-hydrogen) atoms. The van der Waals surface area contributed by atoms with Crippen molar-refractivity contribution in [2.75, 3.05) is 13.2 Å². The Kier molecular flexibility index (Phi) is 3.79. The van der Waals surface area contributed by atoms with Crippen molar-refractivity contribution in [1.29, 1.82) is 0 Å². The largest absolute Gasteiger partial charge is 0.393 e. The van der Waals surface area contributed by atoms with Crippen LogP contribution in [0.25, 0.3) is 0 Å². The number of rotatable bonds is 4. The topological polar surface area (TPSA) is 38.7 Å². The Morgan fingerprint density at radius 2 is 1.71 bits per heavy atom. The van der Waals surface area contributed by atoms with E-state index >= 15 is 0 Å². The third-order valence-corrected chi connectivity index (χ3v) is 3.24. The third-order valence-electron chi connectivity index (χ3n) is 3.24. The summed E-state index contributed by atoms with van der Waals surface area (Å²) in [6.07, 6.45) is 6.47. The average molecular weight is 200 g/mol. The molecule has 0 spiro atoms. The molecule has 1 atom stereocenters. The van der Waals surface area contributed by atoms with E-state index in [1.54, 1.807) is 0 Å². The van der Waals surface area contributed by atoms with Crippen molar-refractivity contribution in [2.24, 2.45) is 5.92 Å². The minimum absolute atomic E-state index is 0.147. The number of hydrogen-bond acceptors (Lipinski definition) is 3. The molecule has 1 saturated carbocycles. The van der Waals surface area contributed by atoms with Gasteiger partial charge >= 0.3 is 0 Å². The van der Waals surface area contributed by atoms with Gasteiger partial charge < -0.3 is 14.6 Å². The fraction of sp³-hybridized carbons (Fsp3) is 1.00. The van der Waals surface area contributed by atoms with E-state index in [9.17, 15) is 5.11 Å². The highest BCUT2D eigenvalue weighted by Crippen LogP contribution is 2.29. The lowest BCUT2D eigenvalue weighted by Gasteiger charge is -2.17. The molecule has 2 fully saturated rings. The van der Waals surface area contributed by atoms with Crippen LogP contribution in [-0.2, 0) is 9.47 Å². The fourth-order valence-corrected chi connectivity index (χ4v) is 2.49. The van der Waals surface area contributed by atoms with Crippen LogP contribution >= 0.6 is 0 Å². The molecule has 0 amide bonds. The smallest absolute Gasteiger partial charge is 0.160 e. The molecule has 1 aliphatic carbocycles. The van der Waals surface area contributed by atoms with E-state index in [2.05, 4.69) is 0 Å². The van der Waals surface area contributed by atoms with E-state index in [1.165, 1.54) is 25.7 Å². The van der Waals surface area contributed by atoms with Gasteiger partial charge in [-0.15, -0.1) is 0 Å². The van der Waals surface area contributed by atoms with Crippen LogP contribution in [0.3, 0.4) is 0 Å². The van der Waals surface area contributed by atoms with Crippen LogP contribution in [0, 0.1) is 5.92 Å². The highest BCUT2D eigenvalue weighted by atomic mass is 16.7. The van der Waals surface area contributed by atoms with Crippen LogP contribution in [0.4, 0.5) is 0 Å². The fourth-order valence-electron chi connectivity index (χ4n) is 2.49. The van der Waals surface area contributed by atoms with E-state index in [1.807, 2.05) is 0 Å². The first kappa shape index (κ1) is 10.4. The molecule has 0 aromatic rings. The van der Waals surface area contributed by atoms with Gasteiger partial charge in [-0.1, -0.05) is 25.7 Å². The third kappa shape index (κ3) is 2.94. The summed E-state index contributed by atoms with van der Waals surface area (Å²) >= 11 is 0.